The molecule has 0 spiro atoms. The van der Waals surface area contributed by atoms with E-state index < -0.39 is 0 Å². The molecule has 1 aliphatic rings. The highest BCUT2D eigenvalue weighted by Crippen LogP contribution is 2.22. The number of aromatic amines is 1. The largest absolute Gasteiger partial charge is 0.356 e. The summed E-state index contributed by atoms with van der Waals surface area (Å²) in [5, 5.41) is 9.59. The summed E-state index contributed by atoms with van der Waals surface area (Å²) in [6.45, 7) is 0.669. The summed E-state index contributed by atoms with van der Waals surface area (Å²) in [4.78, 5) is 16.1. The minimum Gasteiger partial charge on any atom is -0.356 e. The lowest BCUT2D eigenvalue weighted by Gasteiger charge is -2.20. The molecule has 0 radical (unpaired) electrons. The number of carbonyl (C=O) groups excluding carboxylic acids is 1. The van der Waals surface area contributed by atoms with E-state index in [1.807, 2.05) is 0 Å². The van der Waals surface area contributed by atoms with Crippen LogP contribution in [0.1, 0.15) is 44.3 Å². The molecule has 6 heteroatoms. The van der Waals surface area contributed by atoms with Crippen LogP contribution in [0.2, 0.25) is 0 Å². The van der Waals surface area contributed by atoms with Crippen molar-refractivity contribution in [3.63, 3.8) is 0 Å². The van der Waals surface area contributed by atoms with Gasteiger partial charge in [0.15, 0.2) is 0 Å². The minimum absolute atomic E-state index is 0.00669. The zero-order chi connectivity index (χ0) is 13.5. The van der Waals surface area contributed by atoms with Crippen LogP contribution in [0.4, 0.5) is 0 Å². The van der Waals surface area contributed by atoms with Gasteiger partial charge in [-0.1, -0.05) is 19.3 Å². The first kappa shape index (κ1) is 14.0. The minimum atomic E-state index is -0.00669. The van der Waals surface area contributed by atoms with Gasteiger partial charge in [-0.25, -0.2) is 4.98 Å². The van der Waals surface area contributed by atoms with Crippen molar-refractivity contribution < 1.29 is 4.79 Å². The van der Waals surface area contributed by atoms with E-state index >= 15 is 0 Å². The molecule has 0 aromatic carbocycles. The summed E-state index contributed by atoms with van der Waals surface area (Å²) >= 11 is 0. The summed E-state index contributed by atoms with van der Waals surface area (Å²) in [5.41, 5.74) is 6.08. The molecule has 1 aliphatic carbocycles. The van der Waals surface area contributed by atoms with Gasteiger partial charge < -0.3 is 11.1 Å². The number of amides is 1. The Morgan fingerprint density at radius 1 is 1.42 bits per heavy atom. The number of nitrogens with two attached hydrogens (primary N) is 1. The summed E-state index contributed by atoms with van der Waals surface area (Å²) < 4.78 is 0. The SMILES string of the molecule is NC1CCCCCC1C(=O)NCCCc1ncn[nH]1. The second kappa shape index (κ2) is 7.23. The molecule has 1 heterocycles. The van der Waals surface area contributed by atoms with Gasteiger partial charge in [0.05, 0.1) is 5.92 Å². The molecular weight excluding hydrogens is 242 g/mol. The van der Waals surface area contributed by atoms with Crippen molar-refractivity contribution >= 4 is 5.91 Å². The maximum atomic E-state index is 12.1. The Bertz CT molecular complexity index is 378. The molecule has 6 nitrogen and oxygen atoms in total. The van der Waals surface area contributed by atoms with Crippen LogP contribution in [-0.2, 0) is 11.2 Å². The molecule has 1 saturated carbocycles. The monoisotopic (exact) mass is 265 g/mol. The number of nitrogens with zero attached hydrogens (tertiary/aromatic N) is 2. The van der Waals surface area contributed by atoms with Gasteiger partial charge in [-0.2, -0.15) is 5.10 Å². The van der Waals surface area contributed by atoms with E-state index in [1.165, 1.54) is 12.7 Å². The van der Waals surface area contributed by atoms with Crippen LogP contribution in [0.3, 0.4) is 0 Å². The van der Waals surface area contributed by atoms with E-state index in [4.69, 9.17) is 5.73 Å². The number of rotatable bonds is 5. The number of aromatic nitrogens is 3. The third-order valence-corrected chi connectivity index (χ3v) is 3.76. The first-order valence-electron chi connectivity index (χ1n) is 7.15. The zero-order valence-electron chi connectivity index (χ0n) is 11.3. The van der Waals surface area contributed by atoms with Crippen molar-refractivity contribution in [2.45, 2.75) is 51.0 Å². The lowest BCUT2D eigenvalue weighted by Crippen LogP contribution is -2.41. The van der Waals surface area contributed by atoms with Crippen LogP contribution < -0.4 is 11.1 Å². The van der Waals surface area contributed by atoms with Crippen molar-refractivity contribution in [2.75, 3.05) is 6.54 Å². The quantitative estimate of drug-likeness (QED) is 0.541. The number of hydrogen-bond acceptors (Lipinski definition) is 4. The van der Waals surface area contributed by atoms with Gasteiger partial charge >= 0.3 is 0 Å². The molecule has 0 saturated heterocycles. The van der Waals surface area contributed by atoms with Crippen molar-refractivity contribution in [3.8, 4) is 0 Å². The standard InChI is InChI=1S/C13H23N5O/c14-11-6-3-1-2-5-10(11)13(19)15-8-4-7-12-16-9-17-18-12/h9-11H,1-8,14H2,(H,15,19)(H,16,17,18). The lowest BCUT2D eigenvalue weighted by atomic mass is 9.94. The average molecular weight is 265 g/mol. The molecular formula is C13H23N5O. The van der Waals surface area contributed by atoms with E-state index in [0.29, 0.717) is 6.54 Å². The average Bonchev–Trinajstić information content (AvgIpc) is 2.82. The molecule has 2 rings (SSSR count). The molecule has 4 N–H and O–H groups in total. The van der Waals surface area contributed by atoms with Crippen molar-refractivity contribution in [1.29, 1.82) is 0 Å². The Morgan fingerprint density at radius 3 is 3.05 bits per heavy atom. The molecule has 19 heavy (non-hydrogen) atoms. The van der Waals surface area contributed by atoms with Crippen LogP contribution in [0, 0.1) is 5.92 Å². The lowest BCUT2D eigenvalue weighted by molar-refractivity contribution is -0.125. The van der Waals surface area contributed by atoms with Crippen LogP contribution in [0.15, 0.2) is 6.33 Å². The number of carbonyl (C=O) groups is 1. The molecule has 2 atom stereocenters. The first-order chi connectivity index (χ1) is 9.27. The maximum absolute atomic E-state index is 12.1. The molecule has 2 unspecified atom stereocenters. The summed E-state index contributed by atoms with van der Waals surface area (Å²) in [5.74, 6) is 0.972. The van der Waals surface area contributed by atoms with Gasteiger partial charge in [0, 0.05) is 19.0 Å². The normalized spacial score (nSPS) is 23.8. The Labute approximate surface area is 113 Å². The van der Waals surface area contributed by atoms with E-state index in [9.17, 15) is 4.79 Å². The van der Waals surface area contributed by atoms with Crippen molar-refractivity contribution in [2.24, 2.45) is 11.7 Å². The topological polar surface area (TPSA) is 96.7 Å². The Morgan fingerprint density at radius 2 is 2.26 bits per heavy atom. The molecule has 1 fully saturated rings. The summed E-state index contributed by atoms with van der Waals surface area (Å²) in [6.07, 6.45) is 8.52. The zero-order valence-corrected chi connectivity index (χ0v) is 11.3. The Balaban J connectivity index is 1.68. The predicted molar refractivity (Wildman–Crippen MR) is 72.3 cm³/mol. The highest BCUT2D eigenvalue weighted by atomic mass is 16.1. The fourth-order valence-electron chi connectivity index (χ4n) is 2.61. The maximum Gasteiger partial charge on any atom is 0.224 e. The first-order valence-corrected chi connectivity index (χ1v) is 7.15. The van der Waals surface area contributed by atoms with Gasteiger partial charge in [0.2, 0.25) is 5.91 Å². The van der Waals surface area contributed by atoms with Crippen LogP contribution >= 0.6 is 0 Å². The number of aryl methyl sites for hydroxylation is 1. The highest BCUT2D eigenvalue weighted by molar-refractivity contribution is 5.79. The van der Waals surface area contributed by atoms with E-state index in [1.54, 1.807) is 0 Å². The Kier molecular flexibility index (Phi) is 5.32. The molecule has 1 aromatic rings. The fourth-order valence-corrected chi connectivity index (χ4v) is 2.61. The highest BCUT2D eigenvalue weighted by Gasteiger charge is 2.26. The second-order valence-electron chi connectivity index (χ2n) is 5.24. The van der Waals surface area contributed by atoms with Crippen molar-refractivity contribution in [3.05, 3.63) is 12.2 Å². The summed E-state index contributed by atoms with van der Waals surface area (Å²) in [6, 6.07) is 0.0248. The van der Waals surface area contributed by atoms with E-state index in [0.717, 1.165) is 44.3 Å². The second-order valence-corrected chi connectivity index (χ2v) is 5.24. The fraction of sp³-hybridized carbons (Fsp3) is 0.769. The van der Waals surface area contributed by atoms with Gasteiger partial charge in [0.25, 0.3) is 0 Å². The van der Waals surface area contributed by atoms with Gasteiger partial charge in [-0.3, -0.25) is 9.89 Å². The molecule has 106 valence electrons. The number of H-pyrrole nitrogens is 1. The van der Waals surface area contributed by atoms with Gasteiger partial charge in [0.1, 0.15) is 12.2 Å². The van der Waals surface area contributed by atoms with E-state index in [2.05, 4.69) is 20.5 Å². The van der Waals surface area contributed by atoms with Crippen LogP contribution in [-0.4, -0.2) is 33.7 Å². The Hall–Kier alpha value is -1.43. The van der Waals surface area contributed by atoms with Crippen LogP contribution in [0.5, 0.6) is 0 Å². The third-order valence-electron chi connectivity index (χ3n) is 3.76. The number of nitrogens with one attached hydrogen (secondary N) is 2. The molecule has 0 bridgehead atoms. The number of hydrogen-bond donors (Lipinski definition) is 3. The predicted octanol–water partition coefficient (Wildman–Crippen LogP) is 0.761. The van der Waals surface area contributed by atoms with Crippen molar-refractivity contribution in [1.82, 2.24) is 20.5 Å². The molecule has 0 aliphatic heterocycles. The third kappa shape index (κ3) is 4.31. The summed E-state index contributed by atoms with van der Waals surface area (Å²) in [7, 11) is 0. The molecule has 1 amide bonds. The van der Waals surface area contributed by atoms with Gasteiger partial charge in [-0.05, 0) is 19.3 Å². The smallest absolute Gasteiger partial charge is 0.224 e. The van der Waals surface area contributed by atoms with E-state index in [-0.39, 0.29) is 17.9 Å². The van der Waals surface area contributed by atoms with Gasteiger partial charge in [-0.15, -0.1) is 0 Å². The van der Waals surface area contributed by atoms with Crippen LogP contribution in [0.25, 0.3) is 0 Å². The molecule has 1 aromatic heterocycles.